The number of rotatable bonds is 10. The summed E-state index contributed by atoms with van der Waals surface area (Å²) < 4.78 is 11.2. The predicted molar refractivity (Wildman–Crippen MR) is 114 cm³/mol. The highest BCUT2D eigenvalue weighted by atomic mass is 16.5. The number of hydrogen-bond acceptors (Lipinski definition) is 4. The second-order valence-corrected chi connectivity index (χ2v) is 7.50. The molecule has 0 bridgehead atoms. The molecule has 0 radical (unpaired) electrons. The van der Waals surface area contributed by atoms with Crippen LogP contribution in [0.2, 0.25) is 0 Å². The molecule has 0 spiro atoms. The lowest BCUT2D eigenvalue weighted by Gasteiger charge is -2.21. The van der Waals surface area contributed by atoms with E-state index in [0.29, 0.717) is 38.9 Å². The number of carbonyl (C=O) groups excluding carboxylic acids is 1. The van der Waals surface area contributed by atoms with E-state index in [1.54, 1.807) is 0 Å². The van der Waals surface area contributed by atoms with E-state index in [1.165, 1.54) is 0 Å². The molecule has 0 heterocycles. The average Bonchev–Trinajstić information content (AvgIpc) is 2.61. The molecular formula is C21H36N4O3. The predicted octanol–water partition coefficient (Wildman–Crippen LogP) is 2.38. The van der Waals surface area contributed by atoms with Gasteiger partial charge in [0.25, 0.3) is 0 Å². The van der Waals surface area contributed by atoms with Crippen molar-refractivity contribution in [3.05, 3.63) is 29.3 Å². The Labute approximate surface area is 169 Å². The van der Waals surface area contributed by atoms with Crippen LogP contribution >= 0.6 is 0 Å². The largest absolute Gasteiger partial charge is 0.491 e. The second kappa shape index (κ2) is 12.2. The molecule has 1 aromatic carbocycles. The molecule has 7 heteroatoms. The molecule has 28 heavy (non-hydrogen) atoms. The zero-order valence-corrected chi connectivity index (χ0v) is 18.1. The van der Waals surface area contributed by atoms with Crippen LogP contribution < -0.4 is 20.7 Å². The number of nitrogens with one attached hydrogen (secondary N) is 3. The number of carbonyl (C=O) groups is 1. The molecule has 7 nitrogen and oxygen atoms in total. The molecule has 158 valence electrons. The maximum atomic E-state index is 12.0. The maximum Gasteiger partial charge on any atom is 0.239 e. The van der Waals surface area contributed by atoms with Crippen LogP contribution in [0.1, 0.15) is 45.7 Å². The first-order valence-electron chi connectivity index (χ1n) is 9.88. The van der Waals surface area contributed by atoms with Gasteiger partial charge in [0, 0.05) is 24.3 Å². The second-order valence-electron chi connectivity index (χ2n) is 7.50. The van der Waals surface area contributed by atoms with Gasteiger partial charge >= 0.3 is 0 Å². The quantitative estimate of drug-likeness (QED) is 0.323. The first-order valence-corrected chi connectivity index (χ1v) is 9.88. The molecule has 1 amide bonds. The van der Waals surface area contributed by atoms with Gasteiger partial charge in [-0.2, -0.15) is 0 Å². The Morgan fingerprint density at radius 2 is 1.89 bits per heavy atom. The Morgan fingerprint density at radius 3 is 2.54 bits per heavy atom. The minimum Gasteiger partial charge on any atom is -0.491 e. The summed E-state index contributed by atoms with van der Waals surface area (Å²) in [7, 11) is 0. The van der Waals surface area contributed by atoms with Crippen molar-refractivity contribution in [1.29, 1.82) is 0 Å². The minimum atomic E-state index is -0.260. The lowest BCUT2D eigenvalue weighted by atomic mass is 10.1. The molecule has 0 atom stereocenters. The van der Waals surface area contributed by atoms with Gasteiger partial charge in [-0.1, -0.05) is 12.1 Å². The normalized spacial score (nSPS) is 11.9. The van der Waals surface area contributed by atoms with Crippen molar-refractivity contribution in [2.45, 2.75) is 53.6 Å². The Bertz CT molecular complexity index is 639. The molecule has 1 aromatic rings. The summed E-state index contributed by atoms with van der Waals surface area (Å²) in [4.78, 5) is 16.6. The number of aryl methyl sites for hydroxylation is 1. The Kier molecular flexibility index (Phi) is 10.4. The molecule has 0 aliphatic rings. The highest BCUT2D eigenvalue weighted by Crippen LogP contribution is 2.21. The summed E-state index contributed by atoms with van der Waals surface area (Å²) in [6.07, 6.45) is 0. The van der Waals surface area contributed by atoms with Crippen LogP contribution in [-0.2, 0) is 16.1 Å². The van der Waals surface area contributed by atoms with Gasteiger partial charge in [0.15, 0.2) is 5.96 Å². The lowest BCUT2D eigenvalue weighted by Crippen LogP contribution is -2.48. The molecule has 0 saturated carbocycles. The van der Waals surface area contributed by atoms with E-state index in [1.807, 2.05) is 59.7 Å². The summed E-state index contributed by atoms with van der Waals surface area (Å²) in [6, 6.07) is 6.07. The maximum absolute atomic E-state index is 12.0. The fourth-order valence-corrected chi connectivity index (χ4v) is 2.41. The van der Waals surface area contributed by atoms with Crippen molar-refractivity contribution in [1.82, 2.24) is 16.0 Å². The van der Waals surface area contributed by atoms with Gasteiger partial charge in [0.1, 0.15) is 12.4 Å². The van der Waals surface area contributed by atoms with Gasteiger partial charge in [-0.3, -0.25) is 4.79 Å². The number of amides is 1. The Balaban J connectivity index is 2.73. The van der Waals surface area contributed by atoms with Crippen LogP contribution in [0.15, 0.2) is 23.2 Å². The highest BCUT2D eigenvalue weighted by molar-refractivity contribution is 5.86. The molecule has 0 aliphatic carbocycles. The molecular weight excluding hydrogens is 356 g/mol. The van der Waals surface area contributed by atoms with E-state index in [0.717, 1.165) is 16.9 Å². The fraction of sp³-hybridized carbons (Fsp3) is 0.619. The Hall–Kier alpha value is -2.28. The van der Waals surface area contributed by atoms with Crippen LogP contribution in [0.25, 0.3) is 0 Å². The van der Waals surface area contributed by atoms with Crippen molar-refractivity contribution >= 4 is 11.9 Å². The SMILES string of the molecule is CCNC(=NCc1ccc(C)cc1OCCOCC)NCC(=O)NC(C)(C)C. The first kappa shape index (κ1) is 23.8. The smallest absolute Gasteiger partial charge is 0.239 e. The molecule has 1 rings (SSSR count). The number of aliphatic imine (C=N–C) groups is 1. The van der Waals surface area contributed by atoms with Gasteiger partial charge in [-0.15, -0.1) is 0 Å². The molecule has 0 unspecified atom stereocenters. The molecule has 0 saturated heterocycles. The number of benzene rings is 1. The lowest BCUT2D eigenvalue weighted by molar-refractivity contribution is -0.121. The third-order valence-corrected chi connectivity index (χ3v) is 3.59. The van der Waals surface area contributed by atoms with Crippen molar-refractivity contribution in [3.8, 4) is 5.75 Å². The van der Waals surface area contributed by atoms with E-state index < -0.39 is 0 Å². The number of nitrogens with zero attached hydrogens (tertiary/aromatic N) is 1. The van der Waals surface area contributed by atoms with Gasteiger partial charge in [0.2, 0.25) is 5.91 Å². The van der Waals surface area contributed by atoms with Gasteiger partial charge in [0.05, 0.1) is 19.7 Å². The summed E-state index contributed by atoms with van der Waals surface area (Å²) in [6.45, 7) is 14.9. The topological polar surface area (TPSA) is 84.0 Å². The van der Waals surface area contributed by atoms with Crippen LogP contribution in [0.3, 0.4) is 0 Å². The van der Waals surface area contributed by atoms with E-state index in [4.69, 9.17) is 9.47 Å². The fourth-order valence-electron chi connectivity index (χ4n) is 2.41. The van der Waals surface area contributed by atoms with Crippen LogP contribution in [0.5, 0.6) is 5.75 Å². The molecule has 0 fully saturated rings. The van der Waals surface area contributed by atoms with Crippen LogP contribution in [0.4, 0.5) is 0 Å². The van der Waals surface area contributed by atoms with Gasteiger partial charge < -0.3 is 25.4 Å². The van der Waals surface area contributed by atoms with E-state index >= 15 is 0 Å². The number of hydrogen-bond donors (Lipinski definition) is 3. The molecule has 0 aromatic heterocycles. The van der Waals surface area contributed by atoms with Crippen molar-refractivity contribution in [3.63, 3.8) is 0 Å². The van der Waals surface area contributed by atoms with Crippen molar-refractivity contribution < 1.29 is 14.3 Å². The molecule has 3 N–H and O–H groups in total. The van der Waals surface area contributed by atoms with Crippen LogP contribution in [-0.4, -0.2) is 50.3 Å². The van der Waals surface area contributed by atoms with E-state index in [-0.39, 0.29) is 18.0 Å². The first-order chi connectivity index (χ1) is 13.2. The van der Waals surface area contributed by atoms with Gasteiger partial charge in [-0.05, 0) is 53.2 Å². The monoisotopic (exact) mass is 392 g/mol. The zero-order chi connectivity index (χ0) is 21.0. The summed E-state index contributed by atoms with van der Waals surface area (Å²) in [5.41, 5.74) is 1.85. The van der Waals surface area contributed by atoms with Gasteiger partial charge in [-0.25, -0.2) is 4.99 Å². The van der Waals surface area contributed by atoms with E-state index in [9.17, 15) is 4.79 Å². The van der Waals surface area contributed by atoms with Crippen molar-refractivity contribution in [2.24, 2.45) is 4.99 Å². The third-order valence-electron chi connectivity index (χ3n) is 3.59. The number of ether oxygens (including phenoxy) is 2. The number of guanidine groups is 1. The van der Waals surface area contributed by atoms with Crippen molar-refractivity contribution in [2.75, 3.05) is 32.9 Å². The standard InChI is InChI=1S/C21H36N4O3/c1-7-22-20(24-15-19(26)25-21(4,5)6)23-14-17-10-9-16(3)13-18(17)28-12-11-27-8-2/h9-10,13H,7-8,11-12,14-15H2,1-6H3,(H,25,26)(H2,22,23,24). The minimum absolute atomic E-state index is 0.0756. The summed E-state index contributed by atoms with van der Waals surface area (Å²) in [5.74, 6) is 1.32. The average molecular weight is 393 g/mol. The van der Waals surface area contributed by atoms with Crippen LogP contribution in [0, 0.1) is 6.92 Å². The summed E-state index contributed by atoms with van der Waals surface area (Å²) >= 11 is 0. The Morgan fingerprint density at radius 1 is 1.14 bits per heavy atom. The highest BCUT2D eigenvalue weighted by Gasteiger charge is 2.13. The third kappa shape index (κ3) is 10.2. The molecule has 0 aliphatic heterocycles. The zero-order valence-electron chi connectivity index (χ0n) is 18.1. The summed E-state index contributed by atoms with van der Waals surface area (Å²) in [5, 5.41) is 9.15. The van der Waals surface area contributed by atoms with E-state index in [2.05, 4.69) is 20.9 Å².